The summed E-state index contributed by atoms with van der Waals surface area (Å²) in [7, 11) is 0. The minimum Gasteiger partial charge on any atom is -0.491 e. The molecule has 1 unspecified atom stereocenters. The van der Waals surface area contributed by atoms with Gasteiger partial charge >= 0.3 is 0 Å². The zero-order valence-electron chi connectivity index (χ0n) is 22.0. The van der Waals surface area contributed by atoms with Crippen molar-refractivity contribution in [2.45, 2.75) is 6.10 Å². The van der Waals surface area contributed by atoms with E-state index in [0.717, 1.165) is 54.1 Å². The lowest BCUT2D eigenvalue weighted by molar-refractivity contribution is 0.0663. The molecule has 0 radical (unpaired) electrons. The van der Waals surface area contributed by atoms with Crippen molar-refractivity contribution in [1.82, 2.24) is 9.88 Å². The highest BCUT2D eigenvalue weighted by Crippen LogP contribution is 2.32. The minimum absolute atomic E-state index is 0.268. The van der Waals surface area contributed by atoms with E-state index < -0.39 is 6.10 Å². The lowest BCUT2D eigenvalue weighted by Crippen LogP contribution is -2.49. The number of fused-ring (bicyclic) bond motifs is 1. The molecule has 1 N–H and O–H groups in total. The predicted molar refractivity (Wildman–Crippen MR) is 159 cm³/mol. The Morgan fingerprint density at radius 1 is 0.718 bits per heavy atom. The largest absolute Gasteiger partial charge is 0.491 e. The molecule has 1 aliphatic heterocycles. The predicted octanol–water partition coefficient (Wildman–Crippen LogP) is 6.13. The fourth-order valence-corrected chi connectivity index (χ4v) is 5.27. The SMILES string of the molecule is OC(COc1ccc(-c2cc(-c3ccccc3)c3ccccc3n2)cc1)CN1CCN(c2ccccc2)CC1. The molecule has 196 valence electrons. The monoisotopic (exact) mass is 515 g/mol. The molecule has 5 aromatic rings. The normalized spacial score (nSPS) is 14.8. The first-order chi connectivity index (χ1) is 19.2. The van der Waals surface area contributed by atoms with Crippen LogP contribution in [0.4, 0.5) is 5.69 Å². The molecule has 2 heterocycles. The van der Waals surface area contributed by atoms with Gasteiger partial charge in [0.2, 0.25) is 0 Å². The van der Waals surface area contributed by atoms with Crippen molar-refractivity contribution >= 4 is 16.6 Å². The van der Waals surface area contributed by atoms with Crippen molar-refractivity contribution in [2.24, 2.45) is 0 Å². The Bertz CT molecular complexity index is 1500. The van der Waals surface area contributed by atoms with Crippen LogP contribution < -0.4 is 9.64 Å². The number of aromatic nitrogens is 1. The molecule has 0 bridgehead atoms. The number of rotatable bonds is 8. The number of piperazine rings is 1. The van der Waals surface area contributed by atoms with Crippen LogP contribution in [0, 0.1) is 0 Å². The molecule has 5 nitrogen and oxygen atoms in total. The lowest BCUT2D eigenvalue weighted by atomic mass is 9.98. The summed E-state index contributed by atoms with van der Waals surface area (Å²) in [6, 6.07) is 39.4. The third-order valence-electron chi connectivity index (χ3n) is 7.36. The van der Waals surface area contributed by atoms with E-state index >= 15 is 0 Å². The number of aliphatic hydroxyl groups excluding tert-OH is 1. The lowest BCUT2D eigenvalue weighted by Gasteiger charge is -2.36. The Labute approximate surface area is 229 Å². The molecule has 0 aliphatic carbocycles. The third-order valence-corrected chi connectivity index (χ3v) is 7.36. The summed E-state index contributed by atoms with van der Waals surface area (Å²) in [5, 5.41) is 11.8. The third kappa shape index (κ3) is 5.95. The summed E-state index contributed by atoms with van der Waals surface area (Å²) in [5.74, 6) is 0.746. The standard InChI is InChI=1S/C34H33N3O2/c38-29(24-36-19-21-37(22-20-36)28-11-5-2-6-12-28)25-39-30-17-15-27(16-18-30)34-23-32(26-9-3-1-4-10-26)31-13-7-8-14-33(31)35-34/h1-18,23,29,38H,19-22,24-25H2. The molecule has 1 atom stereocenters. The van der Waals surface area contributed by atoms with Gasteiger partial charge in [0.1, 0.15) is 18.5 Å². The summed E-state index contributed by atoms with van der Waals surface area (Å²) in [6.45, 7) is 4.69. The van der Waals surface area contributed by atoms with Gasteiger partial charge in [-0.05, 0) is 59.7 Å². The van der Waals surface area contributed by atoms with Crippen molar-refractivity contribution in [3.8, 4) is 28.1 Å². The van der Waals surface area contributed by atoms with E-state index in [2.05, 4.69) is 82.6 Å². The smallest absolute Gasteiger partial charge is 0.119 e. The van der Waals surface area contributed by atoms with Gasteiger partial charge in [-0.3, -0.25) is 4.90 Å². The van der Waals surface area contributed by atoms with Crippen LogP contribution in [0.25, 0.3) is 33.3 Å². The van der Waals surface area contributed by atoms with Gasteiger partial charge in [0.25, 0.3) is 0 Å². The van der Waals surface area contributed by atoms with E-state index in [0.29, 0.717) is 6.54 Å². The van der Waals surface area contributed by atoms with E-state index in [9.17, 15) is 5.11 Å². The number of hydrogen-bond acceptors (Lipinski definition) is 5. The van der Waals surface area contributed by atoms with Gasteiger partial charge in [-0.1, -0.05) is 66.7 Å². The van der Waals surface area contributed by atoms with Gasteiger partial charge in [0.05, 0.1) is 11.2 Å². The van der Waals surface area contributed by atoms with Gasteiger partial charge < -0.3 is 14.7 Å². The van der Waals surface area contributed by atoms with Crippen LogP contribution in [0.15, 0.2) is 115 Å². The quantitative estimate of drug-likeness (QED) is 0.269. The Morgan fingerprint density at radius 3 is 2.13 bits per heavy atom. The fourth-order valence-electron chi connectivity index (χ4n) is 5.27. The summed E-state index contributed by atoms with van der Waals surface area (Å²) < 4.78 is 5.95. The molecule has 6 rings (SSSR count). The summed E-state index contributed by atoms with van der Waals surface area (Å²) in [5.41, 5.74) is 6.54. The highest BCUT2D eigenvalue weighted by Gasteiger charge is 2.20. The number of para-hydroxylation sites is 2. The highest BCUT2D eigenvalue weighted by atomic mass is 16.5. The molecular formula is C34H33N3O2. The van der Waals surface area contributed by atoms with E-state index in [1.807, 2.05) is 42.5 Å². The molecular weight excluding hydrogens is 482 g/mol. The average Bonchev–Trinajstić information content (AvgIpc) is 3.01. The van der Waals surface area contributed by atoms with Crippen molar-refractivity contribution in [3.63, 3.8) is 0 Å². The number of hydrogen-bond donors (Lipinski definition) is 1. The van der Waals surface area contributed by atoms with E-state index in [1.165, 1.54) is 16.8 Å². The number of β-amino-alcohol motifs (C(OH)–C–C–N with tert-alkyl or cyclic N) is 1. The zero-order chi connectivity index (χ0) is 26.4. The summed E-state index contributed by atoms with van der Waals surface area (Å²) in [4.78, 5) is 9.64. The van der Waals surface area contributed by atoms with Gasteiger partial charge in [-0.15, -0.1) is 0 Å². The molecule has 39 heavy (non-hydrogen) atoms. The fraction of sp³-hybridized carbons (Fsp3) is 0.206. The van der Waals surface area contributed by atoms with Gasteiger partial charge in [0, 0.05) is 49.4 Å². The van der Waals surface area contributed by atoms with Crippen LogP contribution in [0.5, 0.6) is 5.75 Å². The van der Waals surface area contributed by atoms with Crippen LogP contribution in [-0.4, -0.2) is 60.4 Å². The molecule has 1 aromatic heterocycles. The van der Waals surface area contributed by atoms with Gasteiger partial charge in [0.15, 0.2) is 0 Å². The van der Waals surface area contributed by atoms with Crippen molar-refractivity contribution in [2.75, 3.05) is 44.2 Å². The molecule has 0 saturated carbocycles. The second kappa shape index (κ2) is 11.7. The maximum Gasteiger partial charge on any atom is 0.119 e. The molecule has 1 aliphatic rings. The molecule has 4 aromatic carbocycles. The van der Waals surface area contributed by atoms with Crippen LogP contribution in [0.2, 0.25) is 0 Å². The second-order valence-corrected chi connectivity index (χ2v) is 10.1. The average molecular weight is 516 g/mol. The van der Waals surface area contributed by atoms with Gasteiger partial charge in [-0.2, -0.15) is 0 Å². The summed E-state index contributed by atoms with van der Waals surface area (Å²) in [6.07, 6.45) is -0.538. The van der Waals surface area contributed by atoms with E-state index in [4.69, 9.17) is 9.72 Å². The first-order valence-corrected chi connectivity index (χ1v) is 13.6. The Morgan fingerprint density at radius 2 is 1.38 bits per heavy atom. The number of aliphatic hydroxyl groups is 1. The highest BCUT2D eigenvalue weighted by molar-refractivity contribution is 5.96. The molecule has 1 fully saturated rings. The Hall–Kier alpha value is -4.19. The molecule has 0 spiro atoms. The first-order valence-electron chi connectivity index (χ1n) is 13.6. The maximum absolute atomic E-state index is 10.6. The first kappa shape index (κ1) is 25.1. The molecule has 1 saturated heterocycles. The Balaban J connectivity index is 1.07. The van der Waals surface area contributed by atoms with Crippen LogP contribution >= 0.6 is 0 Å². The Kier molecular flexibility index (Phi) is 7.52. The maximum atomic E-state index is 10.6. The van der Waals surface area contributed by atoms with E-state index in [1.54, 1.807) is 0 Å². The zero-order valence-corrected chi connectivity index (χ0v) is 22.0. The summed E-state index contributed by atoms with van der Waals surface area (Å²) >= 11 is 0. The minimum atomic E-state index is -0.538. The molecule has 5 heteroatoms. The van der Waals surface area contributed by atoms with Crippen molar-refractivity contribution < 1.29 is 9.84 Å². The van der Waals surface area contributed by atoms with Crippen LogP contribution in [0.1, 0.15) is 0 Å². The second-order valence-electron chi connectivity index (χ2n) is 10.1. The van der Waals surface area contributed by atoms with Crippen molar-refractivity contribution in [3.05, 3.63) is 115 Å². The number of anilines is 1. The topological polar surface area (TPSA) is 48.8 Å². The van der Waals surface area contributed by atoms with Crippen molar-refractivity contribution in [1.29, 1.82) is 0 Å². The van der Waals surface area contributed by atoms with Crippen LogP contribution in [0.3, 0.4) is 0 Å². The number of ether oxygens (including phenoxy) is 1. The van der Waals surface area contributed by atoms with Gasteiger partial charge in [-0.25, -0.2) is 4.98 Å². The van der Waals surface area contributed by atoms with E-state index in [-0.39, 0.29) is 6.61 Å². The number of benzene rings is 4. The number of nitrogens with zero attached hydrogens (tertiary/aromatic N) is 3. The number of pyridine rings is 1. The molecule has 0 amide bonds. The van der Waals surface area contributed by atoms with Crippen LogP contribution in [-0.2, 0) is 0 Å².